The van der Waals surface area contributed by atoms with E-state index >= 15 is 0 Å². The van der Waals surface area contributed by atoms with Crippen LogP contribution in [0.2, 0.25) is 18.1 Å². The van der Waals surface area contributed by atoms with E-state index in [4.69, 9.17) is 4.43 Å². The SMILES string of the molecule is C=CCCCC[Si]1(OC)CCC=CCC1. The summed E-state index contributed by atoms with van der Waals surface area (Å²) >= 11 is 0. The third kappa shape index (κ3) is 4.35. The maximum Gasteiger partial charge on any atom is 0.192 e. The molecule has 0 aromatic heterocycles. The lowest BCUT2D eigenvalue weighted by atomic mass is 10.2. The normalized spacial score (nSPS) is 19.8. The van der Waals surface area contributed by atoms with Crippen molar-refractivity contribution in [3.05, 3.63) is 24.8 Å². The summed E-state index contributed by atoms with van der Waals surface area (Å²) in [6.07, 6.45) is 12.9. The Hall–Kier alpha value is -0.343. The molecule has 1 aliphatic heterocycles. The zero-order valence-electron chi connectivity index (χ0n) is 10.0. The topological polar surface area (TPSA) is 9.23 Å². The number of unbranched alkanes of at least 4 members (excludes halogenated alkanes) is 2. The van der Waals surface area contributed by atoms with E-state index in [-0.39, 0.29) is 0 Å². The van der Waals surface area contributed by atoms with Crippen LogP contribution in [0.5, 0.6) is 0 Å². The fourth-order valence-electron chi connectivity index (χ4n) is 2.35. The molecule has 0 bridgehead atoms. The molecule has 1 nitrogen and oxygen atoms in total. The second-order valence-corrected chi connectivity index (χ2v) is 8.74. The van der Waals surface area contributed by atoms with Gasteiger partial charge in [-0.2, -0.15) is 0 Å². The van der Waals surface area contributed by atoms with E-state index in [1.807, 2.05) is 13.2 Å². The van der Waals surface area contributed by atoms with Crippen molar-refractivity contribution in [2.75, 3.05) is 7.11 Å². The highest BCUT2D eigenvalue weighted by Crippen LogP contribution is 2.30. The summed E-state index contributed by atoms with van der Waals surface area (Å²) in [5, 5.41) is 0. The third-order valence-corrected chi connectivity index (χ3v) is 7.95. The second kappa shape index (κ2) is 7.02. The Labute approximate surface area is 95.4 Å². The molecule has 0 aliphatic carbocycles. The Morgan fingerprint density at radius 3 is 2.47 bits per heavy atom. The summed E-state index contributed by atoms with van der Waals surface area (Å²) in [7, 11) is 0.582. The van der Waals surface area contributed by atoms with Gasteiger partial charge in [-0.3, -0.25) is 0 Å². The van der Waals surface area contributed by atoms with Crippen LogP contribution in [0.1, 0.15) is 32.1 Å². The second-order valence-electron chi connectivity index (χ2n) is 4.47. The van der Waals surface area contributed by atoms with Crippen LogP contribution in [0.4, 0.5) is 0 Å². The average molecular weight is 224 g/mol. The summed E-state index contributed by atoms with van der Waals surface area (Å²) in [5.74, 6) is 0. The Morgan fingerprint density at radius 1 is 1.27 bits per heavy atom. The van der Waals surface area contributed by atoms with Crippen molar-refractivity contribution >= 4 is 8.32 Å². The predicted octanol–water partition coefficient (Wildman–Crippen LogP) is 4.28. The zero-order chi connectivity index (χ0) is 11.0. The van der Waals surface area contributed by atoms with E-state index in [2.05, 4.69) is 18.7 Å². The first-order valence-corrected chi connectivity index (χ1v) is 8.67. The number of allylic oxidation sites excluding steroid dienone is 3. The Kier molecular flexibility index (Phi) is 5.95. The molecule has 0 unspecified atom stereocenters. The average Bonchev–Trinajstić information content (AvgIpc) is 2.51. The maximum atomic E-state index is 5.91. The predicted molar refractivity (Wildman–Crippen MR) is 69.6 cm³/mol. The lowest BCUT2D eigenvalue weighted by Crippen LogP contribution is -2.36. The first kappa shape index (κ1) is 12.7. The van der Waals surface area contributed by atoms with E-state index in [1.54, 1.807) is 0 Å². The quantitative estimate of drug-likeness (QED) is 0.372. The lowest BCUT2D eigenvalue weighted by Gasteiger charge is -2.28. The molecule has 0 N–H and O–H groups in total. The summed E-state index contributed by atoms with van der Waals surface area (Å²) in [4.78, 5) is 0. The molecule has 0 spiro atoms. The molecular weight excluding hydrogens is 200 g/mol. The van der Waals surface area contributed by atoms with Crippen LogP contribution in [0.15, 0.2) is 24.8 Å². The van der Waals surface area contributed by atoms with Gasteiger partial charge in [-0.25, -0.2) is 0 Å². The smallest absolute Gasteiger partial charge is 0.192 e. The summed E-state index contributed by atoms with van der Waals surface area (Å²) in [6.45, 7) is 3.77. The van der Waals surface area contributed by atoms with Crippen molar-refractivity contribution in [2.24, 2.45) is 0 Å². The van der Waals surface area contributed by atoms with Crippen LogP contribution in [-0.2, 0) is 4.43 Å². The lowest BCUT2D eigenvalue weighted by molar-refractivity contribution is 0.387. The highest BCUT2D eigenvalue weighted by atomic mass is 28.4. The summed E-state index contributed by atoms with van der Waals surface area (Å²) < 4.78 is 5.91. The molecule has 0 aromatic rings. The van der Waals surface area contributed by atoms with Crippen molar-refractivity contribution in [3.8, 4) is 0 Å². The molecule has 1 aliphatic rings. The van der Waals surface area contributed by atoms with Gasteiger partial charge in [0.15, 0.2) is 8.32 Å². The number of rotatable bonds is 6. The van der Waals surface area contributed by atoms with E-state index < -0.39 is 8.32 Å². The molecule has 0 aromatic carbocycles. The van der Waals surface area contributed by atoms with Crippen molar-refractivity contribution < 1.29 is 4.43 Å². The van der Waals surface area contributed by atoms with E-state index in [1.165, 1.54) is 43.8 Å². The van der Waals surface area contributed by atoms with Crippen LogP contribution < -0.4 is 0 Å². The third-order valence-electron chi connectivity index (χ3n) is 3.42. The minimum atomic E-state index is -1.35. The molecule has 2 heteroatoms. The highest BCUT2D eigenvalue weighted by Gasteiger charge is 2.32. The standard InChI is InChI=1S/C13H24OSi/c1-3-4-5-8-11-15(14-2)12-9-6-7-10-13-15/h3,6-7H,1,4-5,8-13H2,2H3. The summed E-state index contributed by atoms with van der Waals surface area (Å²) in [5.41, 5.74) is 0. The van der Waals surface area contributed by atoms with Crippen LogP contribution in [-0.4, -0.2) is 15.4 Å². The number of hydrogen-bond donors (Lipinski definition) is 0. The molecule has 86 valence electrons. The van der Waals surface area contributed by atoms with Gasteiger partial charge in [0, 0.05) is 7.11 Å². The molecule has 0 saturated carbocycles. The molecule has 0 fully saturated rings. The molecule has 15 heavy (non-hydrogen) atoms. The molecule has 0 radical (unpaired) electrons. The minimum absolute atomic E-state index is 1.16. The minimum Gasteiger partial charge on any atom is -0.420 e. The van der Waals surface area contributed by atoms with Crippen molar-refractivity contribution in [2.45, 2.75) is 50.2 Å². The fourth-order valence-corrected chi connectivity index (χ4v) is 5.99. The van der Waals surface area contributed by atoms with Gasteiger partial charge in [-0.1, -0.05) is 31.1 Å². The Morgan fingerprint density at radius 2 is 1.93 bits per heavy atom. The highest BCUT2D eigenvalue weighted by molar-refractivity contribution is 6.73. The Bertz CT molecular complexity index is 201. The van der Waals surface area contributed by atoms with E-state index in [0.29, 0.717) is 0 Å². The van der Waals surface area contributed by atoms with Gasteiger partial charge in [-0.05, 0) is 37.4 Å². The van der Waals surface area contributed by atoms with E-state index in [9.17, 15) is 0 Å². The van der Waals surface area contributed by atoms with Gasteiger partial charge < -0.3 is 4.43 Å². The van der Waals surface area contributed by atoms with Crippen molar-refractivity contribution in [1.82, 2.24) is 0 Å². The first-order valence-electron chi connectivity index (χ1n) is 6.14. The van der Waals surface area contributed by atoms with Gasteiger partial charge in [0.25, 0.3) is 0 Å². The monoisotopic (exact) mass is 224 g/mol. The number of hydrogen-bond acceptors (Lipinski definition) is 1. The maximum absolute atomic E-state index is 5.91. The zero-order valence-corrected chi connectivity index (χ0v) is 11.0. The molecule has 1 rings (SSSR count). The largest absolute Gasteiger partial charge is 0.420 e. The summed E-state index contributed by atoms with van der Waals surface area (Å²) in [6, 6.07) is 4.00. The van der Waals surface area contributed by atoms with Gasteiger partial charge in [0.2, 0.25) is 0 Å². The van der Waals surface area contributed by atoms with Gasteiger partial charge in [0.1, 0.15) is 0 Å². The van der Waals surface area contributed by atoms with Gasteiger partial charge in [0.05, 0.1) is 0 Å². The molecule has 0 atom stereocenters. The van der Waals surface area contributed by atoms with Crippen LogP contribution in [0.3, 0.4) is 0 Å². The molecular formula is C13H24OSi. The fraction of sp³-hybridized carbons (Fsp3) is 0.692. The molecule has 0 saturated heterocycles. The van der Waals surface area contributed by atoms with Gasteiger partial charge >= 0.3 is 0 Å². The van der Waals surface area contributed by atoms with Crippen LogP contribution in [0.25, 0.3) is 0 Å². The van der Waals surface area contributed by atoms with E-state index in [0.717, 1.165) is 6.42 Å². The Balaban J connectivity index is 2.34. The first-order chi connectivity index (χ1) is 7.33. The van der Waals surface area contributed by atoms with Crippen molar-refractivity contribution in [3.63, 3.8) is 0 Å². The van der Waals surface area contributed by atoms with Crippen LogP contribution >= 0.6 is 0 Å². The van der Waals surface area contributed by atoms with Crippen molar-refractivity contribution in [1.29, 1.82) is 0 Å². The van der Waals surface area contributed by atoms with Crippen LogP contribution in [0, 0.1) is 0 Å². The molecule has 0 amide bonds. The van der Waals surface area contributed by atoms with Gasteiger partial charge in [-0.15, -0.1) is 6.58 Å². The molecule has 1 heterocycles.